The van der Waals surface area contributed by atoms with Crippen molar-refractivity contribution in [1.29, 1.82) is 0 Å². The fourth-order valence-corrected chi connectivity index (χ4v) is 4.02. The Bertz CT molecular complexity index is 1490. The zero-order chi connectivity index (χ0) is 24.9. The smallest absolute Gasteiger partial charge is 0.352 e. The number of alkyl halides is 3. The molecule has 2 aromatic carbocycles. The Morgan fingerprint density at radius 2 is 1.71 bits per heavy atom. The number of rotatable bonds is 3. The molecule has 178 valence electrons. The van der Waals surface area contributed by atoms with Crippen molar-refractivity contribution in [2.24, 2.45) is 0 Å². The van der Waals surface area contributed by atoms with Gasteiger partial charge in [-0.1, -0.05) is 30.3 Å². The highest BCUT2D eigenvalue weighted by atomic mass is 19.4. The van der Waals surface area contributed by atoms with Crippen LogP contribution >= 0.6 is 0 Å². The van der Waals surface area contributed by atoms with E-state index in [-0.39, 0.29) is 52.3 Å². The number of carbonyl (C=O) groups is 2. The summed E-state index contributed by atoms with van der Waals surface area (Å²) in [6.07, 6.45) is -5.17. The molecule has 11 heteroatoms. The van der Waals surface area contributed by atoms with E-state index in [4.69, 9.17) is 0 Å². The molecule has 35 heavy (non-hydrogen) atoms. The highest BCUT2D eigenvalue weighted by Gasteiger charge is 2.43. The average molecular weight is 487 g/mol. The molecule has 4 aromatic rings. The van der Waals surface area contributed by atoms with E-state index in [1.165, 1.54) is 24.3 Å². The molecule has 3 heterocycles. The van der Waals surface area contributed by atoms with Gasteiger partial charge >= 0.3 is 12.1 Å². The van der Waals surface area contributed by atoms with Crippen molar-refractivity contribution in [3.8, 4) is 22.5 Å². The number of hydrogen-bond acceptors (Lipinski definition) is 4. The van der Waals surface area contributed by atoms with E-state index >= 15 is 0 Å². The molecule has 0 unspecified atom stereocenters. The van der Waals surface area contributed by atoms with Gasteiger partial charge in [0, 0.05) is 23.9 Å². The maximum atomic E-state index is 14.4. The molecule has 1 N–H and O–H groups in total. The Hall–Kier alpha value is -4.28. The normalized spacial score (nSPS) is 13.5. The van der Waals surface area contributed by atoms with E-state index in [1.54, 1.807) is 18.2 Å². The molecule has 0 fully saturated rings. The van der Waals surface area contributed by atoms with Crippen molar-refractivity contribution in [3.63, 3.8) is 0 Å². The van der Waals surface area contributed by atoms with Gasteiger partial charge in [0.2, 0.25) is 0 Å². The third-order valence-corrected chi connectivity index (χ3v) is 5.57. The highest BCUT2D eigenvalue weighted by Crippen LogP contribution is 2.34. The van der Waals surface area contributed by atoms with Crippen LogP contribution in [0.3, 0.4) is 0 Å². The Labute approximate surface area is 193 Å². The van der Waals surface area contributed by atoms with E-state index in [2.05, 4.69) is 15.1 Å². The second-order valence-electron chi connectivity index (χ2n) is 7.74. The maximum Gasteiger partial charge on any atom is 0.493 e. The summed E-state index contributed by atoms with van der Waals surface area (Å²) in [6, 6.07) is 12.3. The lowest BCUT2D eigenvalue weighted by atomic mass is 10.0. The van der Waals surface area contributed by atoms with Gasteiger partial charge in [-0.2, -0.15) is 17.9 Å². The molecule has 0 aliphatic carbocycles. The number of amides is 1. The van der Waals surface area contributed by atoms with Crippen LogP contribution in [0.25, 0.3) is 33.4 Å². The minimum atomic E-state index is -5.28. The quantitative estimate of drug-likeness (QED) is 0.434. The van der Waals surface area contributed by atoms with Crippen molar-refractivity contribution >= 4 is 22.8 Å². The molecule has 5 rings (SSSR count). The number of nitrogens with one attached hydrogen (secondary N) is 1. The van der Waals surface area contributed by atoms with Crippen molar-refractivity contribution in [2.75, 3.05) is 6.54 Å². The lowest BCUT2D eigenvalue weighted by molar-refractivity contribution is -0.199. The van der Waals surface area contributed by atoms with E-state index < -0.39 is 29.7 Å². The Morgan fingerprint density at radius 1 is 1.00 bits per heavy atom. The minimum Gasteiger partial charge on any atom is -0.352 e. The fraction of sp³-hybridized carbons (Fsp3) is 0.125. The molecule has 2 aromatic heterocycles. The first kappa shape index (κ1) is 22.5. The number of fused-ring (bicyclic) bond motifs is 2. The van der Waals surface area contributed by atoms with Crippen LogP contribution in [-0.4, -0.2) is 34.3 Å². The Morgan fingerprint density at radius 3 is 2.43 bits per heavy atom. The molecule has 0 saturated heterocycles. The largest absolute Gasteiger partial charge is 0.493 e. The lowest BCUT2D eigenvalue weighted by Crippen LogP contribution is -2.37. The summed E-state index contributed by atoms with van der Waals surface area (Å²) in [5.41, 5.74) is 0.0128. The summed E-state index contributed by atoms with van der Waals surface area (Å²) in [6.45, 7) is 0.128. The van der Waals surface area contributed by atoms with E-state index in [1.807, 2.05) is 0 Å². The van der Waals surface area contributed by atoms with Gasteiger partial charge in [-0.3, -0.25) is 4.79 Å². The Balaban J connectivity index is 1.74. The first-order valence-corrected chi connectivity index (χ1v) is 10.3. The number of para-hydroxylation sites is 1. The van der Waals surface area contributed by atoms with Gasteiger partial charge in [0.1, 0.15) is 11.6 Å². The monoisotopic (exact) mass is 487 g/mol. The predicted molar refractivity (Wildman–Crippen MR) is 114 cm³/mol. The van der Waals surface area contributed by atoms with E-state index in [0.29, 0.717) is 10.1 Å². The summed E-state index contributed by atoms with van der Waals surface area (Å²) in [4.78, 5) is 33.1. The molecular formula is C24H14F5N3O3. The zero-order valence-corrected chi connectivity index (χ0v) is 17.6. The predicted octanol–water partition coefficient (Wildman–Crippen LogP) is 4.45. The number of carbonyl (C=O) groups excluding carboxylic acids is 2. The van der Waals surface area contributed by atoms with Gasteiger partial charge in [0.15, 0.2) is 0 Å². The van der Waals surface area contributed by atoms with Crippen LogP contribution in [0.15, 0.2) is 54.6 Å². The van der Waals surface area contributed by atoms with Gasteiger partial charge in [0.05, 0.1) is 33.7 Å². The minimum absolute atomic E-state index is 0.0366. The average Bonchev–Trinajstić information content (AvgIpc) is 3.17. The third-order valence-electron chi connectivity index (χ3n) is 5.57. The number of nitrogens with zero attached hydrogens (tertiary/aromatic N) is 2. The molecule has 1 amide bonds. The second kappa shape index (κ2) is 8.19. The van der Waals surface area contributed by atoms with Gasteiger partial charge in [0.25, 0.3) is 5.91 Å². The van der Waals surface area contributed by atoms with E-state index in [9.17, 15) is 31.5 Å². The van der Waals surface area contributed by atoms with E-state index in [0.717, 1.165) is 12.1 Å². The zero-order valence-electron chi connectivity index (χ0n) is 17.6. The molecule has 1 aliphatic rings. The summed E-state index contributed by atoms with van der Waals surface area (Å²) in [7, 11) is 0. The van der Waals surface area contributed by atoms with Crippen molar-refractivity contribution in [2.45, 2.75) is 12.6 Å². The van der Waals surface area contributed by atoms with Crippen LogP contribution in [0.4, 0.5) is 22.0 Å². The summed E-state index contributed by atoms with van der Waals surface area (Å²) >= 11 is 0. The molecule has 0 saturated carbocycles. The number of hydrogen-bond donors (Lipinski definition) is 1. The van der Waals surface area contributed by atoms with Crippen LogP contribution in [0, 0.1) is 11.6 Å². The SMILES string of the molecule is O=C1NCCc2c1cc(-c1cccc3ccc(-c4c(F)cccc4F)nc13)n2OC(=O)C(F)(F)F. The van der Waals surface area contributed by atoms with Crippen LogP contribution in [0.5, 0.6) is 0 Å². The van der Waals surface area contributed by atoms with Crippen LogP contribution in [-0.2, 0) is 11.2 Å². The summed E-state index contributed by atoms with van der Waals surface area (Å²) in [5, 5.41) is 3.08. The molecule has 0 atom stereocenters. The molecule has 0 spiro atoms. The van der Waals surface area contributed by atoms with Gasteiger partial charge < -0.3 is 10.2 Å². The van der Waals surface area contributed by atoms with Crippen molar-refractivity contribution < 1.29 is 36.4 Å². The van der Waals surface area contributed by atoms with Crippen LogP contribution < -0.4 is 10.2 Å². The first-order chi connectivity index (χ1) is 16.6. The molecule has 6 nitrogen and oxygen atoms in total. The molecule has 1 aliphatic heterocycles. The van der Waals surface area contributed by atoms with Gasteiger partial charge in [-0.05, 0) is 24.3 Å². The number of aromatic nitrogens is 2. The van der Waals surface area contributed by atoms with Crippen molar-refractivity contribution in [3.05, 3.63) is 77.5 Å². The number of benzene rings is 2. The van der Waals surface area contributed by atoms with Gasteiger partial charge in [-0.15, -0.1) is 0 Å². The summed E-state index contributed by atoms with van der Waals surface area (Å²) < 4.78 is 68.5. The van der Waals surface area contributed by atoms with Crippen molar-refractivity contribution in [1.82, 2.24) is 15.0 Å². The van der Waals surface area contributed by atoms with Gasteiger partial charge in [-0.25, -0.2) is 18.6 Å². The van der Waals surface area contributed by atoms with Crippen LogP contribution in [0.2, 0.25) is 0 Å². The molecular weight excluding hydrogens is 473 g/mol. The summed E-state index contributed by atoms with van der Waals surface area (Å²) in [5.74, 6) is -4.70. The Kier molecular flexibility index (Phi) is 5.27. The topological polar surface area (TPSA) is 73.2 Å². The first-order valence-electron chi connectivity index (χ1n) is 10.3. The van der Waals surface area contributed by atoms with Crippen LogP contribution in [0.1, 0.15) is 16.1 Å². The number of pyridine rings is 1. The third kappa shape index (κ3) is 3.88. The second-order valence-corrected chi connectivity index (χ2v) is 7.74. The fourth-order valence-electron chi connectivity index (χ4n) is 4.02. The number of halogens is 5. The highest BCUT2D eigenvalue weighted by molar-refractivity contribution is 6.00. The lowest BCUT2D eigenvalue weighted by Gasteiger charge is -2.17. The maximum absolute atomic E-state index is 14.4. The molecule has 0 bridgehead atoms. The molecule has 0 radical (unpaired) electrons. The standard InChI is InChI=1S/C24H14F5N3O3/c25-15-5-2-6-16(26)20(15)17-8-7-12-3-1-4-13(21(12)31-17)19-11-14-18(9-10-30-22(14)33)32(19)35-23(34)24(27,28)29/h1-8,11H,9-10H2,(H,30,33).